The highest BCUT2D eigenvalue weighted by Gasteiger charge is 2.33. The molecule has 0 bridgehead atoms. The smallest absolute Gasteiger partial charge is 0.343 e. The summed E-state index contributed by atoms with van der Waals surface area (Å²) in [5.74, 6) is -0.188. The summed E-state index contributed by atoms with van der Waals surface area (Å²) in [5, 5.41) is 0.239. The van der Waals surface area contributed by atoms with E-state index in [0.29, 0.717) is 32.8 Å². The summed E-state index contributed by atoms with van der Waals surface area (Å²) >= 11 is 16.4. The summed E-state index contributed by atoms with van der Waals surface area (Å²) in [6, 6.07) is 10.7. The zero-order valence-corrected chi connectivity index (χ0v) is 20.5. The number of hydrogen-bond acceptors (Lipinski definition) is 7. The number of halogens is 2. The Bertz CT molecular complexity index is 1080. The van der Waals surface area contributed by atoms with Gasteiger partial charge in [0.1, 0.15) is 0 Å². The zero-order valence-electron chi connectivity index (χ0n) is 16.5. The van der Waals surface area contributed by atoms with E-state index >= 15 is 0 Å². The largest absolute Gasteiger partial charge is 0.490 e. The van der Waals surface area contributed by atoms with Gasteiger partial charge in [-0.3, -0.25) is 9.69 Å². The number of anilines is 1. The molecule has 0 atom stereocenters. The maximum Gasteiger partial charge on any atom is 0.343 e. The summed E-state index contributed by atoms with van der Waals surface area (Å²) in [4.78, 5) is 26.3. The lowest BCUT2D eigenvalue weighted by Gasteiger charge is -2.15. The average Bonchev–Trinajstić information content (AvgIpc) is 3.00. The van der Waals surface area contributed by atoms with Crippen LogP contribution in [0, 0.1) is 0 Å². The van der Waals surface area contributed by atoms with Crippen molar-refractivity contribution in [3.05, 3.63) is 56.4 Å². The standard InChI is InChI=1S/C21H17BrClNO5S2/c1-3-28-16-8-12(7-15(23)19(16)29-11-18(25)27-2)9-17-20(26)24(21(30)31-17)14-6-4-5-13(22)10-14/h4-10H,3,11H2,1-2H3/b17-9-. The van der Waals surface area contributed by atoms with Crippen LogP contribution in [0.5, 0.6) is 11.5 Å². The predicted octanol–water partition coefficient (Wildman–Crippen LogP) is 5.46. The van der Waals surface area contributed by atoms with Crippen LogP contribution in [0.15, 0.2) is 45.8 Å². The second kappa shape index (κ2) is 10.5. The monoisotopic (exact) mass is 541 g/mol. The molecule has 0 spiro atoms. The van der Waals surface area contributed by atoms with Gasteiger partial charge in [0.15, 0.2) is 22.4 Å². The van der Waals surface area contributed by atoms with Gasteiger partial charge in [0.05, 0.1) is 29.3 Å². The minimum atomic E-state index is -0.543. The van der Waals surface area contributed by atoms with Crippen molar-refractivity contribution >= 4 is 79.5 Å². The normalized spacial score (nSPS) is 14.8. The predicted molar refractivity (Wildman–Crippen MR) is 130 cm³/mol. The summed E-state index contributed by atoms with van der Waals surface area (Å²) in [5.41, 5.74) is 1.31. The van der Waals surface area contributed by atoms with Crippen LogP contribution in [0.1, 0.15) is 12.5 Å². The van der Waals surface area contributed by atoms with Crippen molar-refractivity contribution in [2.24, 2.45) is 0 Å². The topological polar surface area (TPSA) is 65.1 Å². The molecule has 1 amide bonds. The van der Waals surface area contributed by atoms with Gasteiger partial charge in [0, 0.05) is 4.47 Å². The van der Waals surface area contributed by atoms with Crippen molar-refractivity contribution in [1.82, 2.24) is 0 Å². The Morgan fingerprint density at radius 2 is 2.06 bits per heavy atom. The number of esters is 1. The van der Waals surface area contributed by atoms with Gasteiger partial charge in [0.25, 0.3) is 5.91 Å². The fourth-order valence-electron chi connectivity index (χ4n) is 2.72. The zero-order chi connectivity index (χ0) is 22.5. The van der Waals surface area contributed by atoms with Crippen LogP contribution < -0.4 is 14.4 Å². The minimum absolute atomic E-state index is 0.229. The van der Waals surface area contributed by atoms with Crippen molar-refractivity contribution in [2.75, 3.05) is 25.2 Å². The first-order chi connectivity index (χ1) is 14.8. The summed E-state index contributed by atoms with van der Waals surface area (Å²) in [7, 11) is 1.27. The Morgan fingerprint density at radius 1 is 1.29 bits per heavy atom. The van der Waals surface area contributed by atoms with Crippen molar-refractivity contribution in [1.29, 1.82) is 0 Å². The van der Waals surface area contributed by atoms with Crippen molar-refractivity contribution < 1.29 is 23.8 Å². The number of hydrogen-bond donors (Lipinski definition) is 0. The van der Waals surface area contributed by atoms with Crippen LogP contribution >= 0.6 is 51.5 Å². The number of thioether (sulfide) groups is 1. The Morgan fingerprint density at radius 3 is 2.74 bits per heavy atom. The van der Waals surface area contributed by atoms with Gasteiger partial charge in [-0.05, 0) is 48.9 Å². The highest BCUT2D eigenvalue weighted by atomic mass is 79.9. The highest BCUT2D eigenvalue weighted by molar-refractivity contribution is 9.10. The fourth-order valence-corrected chi connectivity index (χ4v) is 4.68. The van der Waals surface area contributed by atoms with E-state index in [-0.39, 0.29) is 23.3 Å². The molecule has 3 rings (SSSR count). The molecule has 2 aromatic carbocycles. The molecule has 1 heterocycles. The van der Waals surface area contributed by atoms with Crippen LogP contribution in [0.4, 0.5) is 5.69 Å². The first-order valence-corrected chi connectivity index (χ1v) is 11.4. The van der Waals surface area contributed by atoms with E-state index in [2.05, 4.69) is 20.7 Å². The molecule has 0 aromatic heterocycles. The maximum absolute atomic E-state index is 13.0. The molecule has 2 aromatic rings. The Hall–Kier alpha value is -2.07. The second-order valence-corrected chi connectivity index (χ2v) is 9.12. The number of benzene rings is 2. The number of carbonyl (C=O) groups excluding carboxylic acids is 2. The number of methoxy groups -OCH3 is 1. The van der Waals surface area contributed by atoms with Gasteiger partial charge in [-0.25, -0.2) is 4.79 Å². The van der Waals surface area contributed by atoms with Gasteiger partial charge >= 0.3 is 5.97 Å². The Balaban J connectivity index is 1.91. The van der Waals surface area contributed by atoms with Gasteiger partial charge < -0.3 is 14.2 Å². The third kappa shape index (κ3) is 5.60. The summed E-state index contributed by atoms with van der Waals surface area (Å²) in [6.07, 6.45) is 1.69. The first-order valence-electron chi connectivity index (χ1n) is 9.03. The fraction of sp³-hybridized carbons (Fsp3) is 0.190. The lowest BCUT2D eigenvalue weighted by molar-refractivity contribution is -0.142. The van der Waals surface area contributed by atoms with E-state index in [1.165, 1.54) is 23.8 Å². The number of carbonyl (C=O) groups is 2. The molecule has 0 saturated carbocycles. The number of nitrogens with zero attached hydrogens (tertiary/aromatic N) is 1. The number of thiocarbonyl (C=S) groups is 1. The average molecular weight is 543 g/mol. The van der Waals surface area contributed by atoms with Crippen LogP contribution in [0.25, 0.3) is 6.08 Å². The van der Waals surface area contributed by atoms with Crippen LogP contribution in [-0.4, -0.2) is 36.5 Å². The third-order valence-corrected chi connectivity index (χ3v) is 6.13. The third-order valence-electron chi connectivity index (χ3n) is 4.05. The molecule has 1 saturated heterocycles. The van der Waals surface area contributed by atoms with E-state index in [1.54, 1.807) is 18.2 Å². The van der Waals surface area contributed by atoms with Gasteiger partial charge in [0.2, 0.25) is 0 Å². The lowest BCUT2D eigenvalue weighted by Crippen LogP contribution is -2.27. The molecular formula is C21H17BrClNO5S2. The molecule has 0 unspecified atom stereocenters. The van der Waals surface area contributed by atoms with Crippen LogP contribution in [0.3, 0.4) is 0 Å². The molecule has 0 N–H and O–H groups in total. The van der Waals surface area contributed by atoms with Crippen LogP contribution in [-0.2, 0) is 14.3 Å². The molecule has 0 aliphatic carbocycles. The SMILES string of the molecule is CCOc1cc(/C=C2\SC(=S)N(c3cccc(Br)c3)C2=O)cc(Cl)c1OCC(=O)OC. The molecule has 31 heavy (non-hydrogen) atoms. The van der Waals surface area contributed by atoms with E-state index in [4.69, 9.17) is 33.3 Å². The molecule has 0 radical (unpaired) electrons. The van der Waals surface area contributed by atoms with E-state index in [9.17, 15) is 9.59 Å². The Labute approximate surface area is 202 Å². The number of ether oxygens (including phenoxy) is 3. The van der Waals surface area contributed by atoms with Crippen molar-refractivity contribution in [3.63, 3.8) is 0 Å². The van der Waals surface area contributed by atoms with Gasteiger partial charge in [-0.15, -0.1) is 0 Å². The summed E-state index contributed by atoms with van der Waals surface area (Å²) in [6.45, 7) is 1.87. The van der Waals surface area contributed by atoms with Crippen LogP contribution in [0.2, 0.25) is 5.02 Å². The molecular weight excluding hydrogens is 526 g/mol. The quantitative estimate of drug-likeness (QED) is 0.262. The molecule has 10 heteroatoms. The second-order valence-electron chi connectivity index (χ2n) is 6.12. The first kappa shape index (κ1) is 23.6. The van der Waals surface area contributed by atoms with Crippen molar-refractivity contribution in [3.8, 4) is 11.5 Å². The van der Waals surface area contributed by atoms with E-state index < -0.39 is 5.97 Å². The number of amides is 1. The van der Waals surface area contributed by atoms with Gasteiger partial charge in [-0.2, -0.15) is 0 Å². The summed E-state index contributed by atoms with van der Waals surface area (Å²) < 4.78 is 16.9. The molecule has 1 fully saturated rings. The molecule has 6 nitrogen and oxygen atoms in total. The van der Waals surface area contributed by atoms with E-state index in [1.807, 2.05) is 31.2 Å². The Kier molecular flexibility index (Phi) is 7.99. The highest BCUT2D eigenvalue weighted by Crippen LogP contribution is 2.40. The molecule has 162 valence electrons. The minimum Gasteiger partial charge on any atom is -0.490 e. The van der Waals surface area contributed by atoms with E-state index in [0.717, 1.165) is 4.47 Å². The van der Waals surface area contributed by atoms with Crippen molar-refractivity contribution in [2.45, 2.75) is 6.92 Å². The lowest BCUT2D eigenvalue weighted by atomic mass is 10.1. The number of rotatable bonds is 7. The molecule has 1 aliphatic heterocycles. The van der Waals surface area contributed by atoms with Gasteiger partial charge in [-0.1, -0.05) is 57.6 Å². The molecule has 1 aliphatic rings. The maximum atomic E-state index is 13.0.